The molecule has 280 valence electrons. The minimum absolute atomic E-state index is 0.0559. The molecule has 0 amide bonds. The van der Waals surface area contributed by atoms with Gasteiger partial charge in [0, 0.05) is 49.3 Å². The number of hydrogen-bond acceptors (Lipinski definition) is 4. The summed E-state index contributed by atoms with van der Waals surface area (Å²) in [4.78, 5) is 2.31. The summed E-state index contributed by atoms with van der Waals surface area (Å²) in [6, 6.07) is 67.8. The van der Waals surface area contributed by atoms with Crippen molar-refractivity contribution < 1.29 is 9.47 Å². The number of anilines is 3. The van der Waals surface area contributed by atoms with E-state index in [1.807, 2.05) is 29.9 Å². The highest BCUT2D eigenvalue weighted by Gasteiger charge is 2.56. The summed E-state index contributed by atoms with van der Waals surface area (Å²) < 4.78 is 15.9. The van der Waals surface area contributed by atoms with Gasteiger partial charge in [0.15, 0.2) is 11.5 Å². The first-order valence-corrected chi connectivity index (χ1v) is 21.0. The average molecular weight is 776 g/mol. The van der Waals surface area contributed by atoms with Crippen molar-refractivity contribution in [1.82, 2.24) is 0 Å². The second kappa shape index (κ2) is 13.5. The van der Waals surface area contributed by atoms with E-state index in [2.05, 4.69) is 199 Å². The topological polar surface area (TPSA) is 21.7 Å². The maximum atomic E-state index is 6.67. The van der Waals surface area contributed by atoms with E-state index in [1.165, 1.54) is 59.1 Å². The van der Waals surface area contributed by atoms with Gasteiger partial charge in [-0.25, -0.2) is 0 Å². The minimum atomic E-state index is -0.366. The molecule has 0 saturated carbocycles. The lowest BCUT2D eigenvalue weighted by Gasteiger charge is -2.35. The number of fused-ring (bicyclic) bond motifs is 14. The summed E-state index contributed by atoms with van der Waals surface area (Å²) in [5, 5.41) is 2.57. The zero-order valence-corrected chi connectivity index (χ0v) is 32.9. The van der Waals surface area contributed by atoms with Gasteiger partial charge in [-0.05, 0) is 99.6 Å². The van der Waals surface area contributed by atoms with Crippen molar-refractivity contribution in [3.05, 3.63) is 235 Å². The van der Waals surface area contributed by atoms with Gasteiger partial charge in [-0.15, -0.1) is 11.3 Å². The van der Waals surface area contributed by atoms with Crippen molar-refractivity contribution in [3.63, 3.8) is 0 Å². The van der Waals surface area contributed by atoms with Crippen LogP contribution in [0.1, 0.15) is 28.2 Å². The van der Waals surface area contributed by atoms with Crippen LogP contribution < -0.4 is 14.4 Å². The van der Waals surface area contributed by atoms with E-state index in [1.54, 1.807) is 0 Å². The van der Waals surface area contributed by atoms with Crippen molar-refractivity contribution in [3.8, 4) is 33.8 Å². The molecule has 0 fully saturated rings. The molecule has 3 nitrogen and oxygen atoms in total. The number of nitrogens with zero attached hydrogens (tertiary/aromatic N) is 1. The Morgan fingerprint density at radius 1 is 0.458 bits per heavy atom. The lowest BCUT2D eigenvalue weighted by Crippen LogP contribution is -2.32. The fourth-order valence-corrected chi connectivity index (χ4v) is 11.3. The van der Waals surface area contributed by atoms with Gasteiger partial charge in [-0.3, -0.25) is 0 Å². The average Bonchev–Trinajstić information content (AvgIpc) is 3.91. The number of hydrogen-bond donors (Lipinski definition) is 0. The molecule has 0 radical (unpaired) electrons. The van der Waals surface area contributed by atoms with Crippen LogP contribution in [0.5, 0.6) is 11.5 Å². The second-order valence-electron chi connectivity index (χ2n) is 15.6. The zero-order chi connectivity index (χ0) is 38.9. The molecule has 1 aromatic heterocycles. The summed E-state index contributed by atoms with van der Waals surface area (Å²) in [5.74, 6) is 1.41. The monoisotopic (exact) mass is 775 g/mol. The Hall–Kier alpha value is -7.14. The van der Waals surface area contributed by atoms with Crippen LogP contribution in [0.3, 0.4) is 0 Å². The normalized spacial score (nSPS) is 17.8. The summed E-state index contributed by atoms with van der Waals surface area (Å²) in [6.07, 6.45) is 8.32. The van der Waals surface area contributed by atoms with Gasteiger partial charge in [0.25, 0.3) is 0 Å². The number of ether oxygens (including phenoxy) is 2. The summed E-state index contributed by atoms with van der Waals surface area (Å²) in [5.41, 5.74) is 12.9. The second-order valence-corrected chi connectivity index (χ2v) is 16.6. The van der Waals surface area contributed by atoms with Crippen molar-refractivity contribution in [2.45, 2.75) is 11.3 Å². The Morgan fingerprint density at radius 2 is 1.10 bits per heavy atom. The fourth-order valence-electron chi connectivity index (χ4n) is 10.2. The number of rotatable bonds is 4. The number of benzene rings is 8. The molecule has 0 N–H and O–H groups in total. The number of thiophene rings is 1. The molecule has 8 aromatic carbocycles. The molecule has 0 bridgehead atoms. The molecule has 2 unspecified atom stereocenters. The lowest BCUT2D eigenvalue weighted by molar-refractivity contribution is 0.391. The van der Waals surface area contributed by atoms with Crippen LogP contribution in [-0.2, 0) is 5.41 Å². The smallest absolute Gasteiger partial charge is 0.171 e. The van der Waals surface area contributed by atoms with Gasteiger partial charge >= 0.3 is 0 Å². The van der Waals surface area contributed by atoms with Crippen LogP contribution in [0.15, 0.2) is 213 Å². The highest BCUT2D eigenvalue weighted by molar-refractivity contribution is 7.25. The van der Waals surface area contributed by atoms with Crippen molar-refractivity contribution in [1.29, 1.82) is 0 Å². The maximum absolute atomic E-state index is 6.67. The van der Waals surface area contributed by atoms with Crippen LogP contribution in [0, 0.1) is 5.92 Å². The molecule has 12 rings (SSSR count). The summed E-state index contributed by atoms with van der Waals surface area (Å²) >= 11 is 1.84. The Bertz CT molecular complexity index is 3110. The van der Waals surface area contributed by atoms with Gasteiger partial charge in [-0.2, -0.15) is 0 Å². The lowest BCUT2D eigenvalue weighted by atomic mass is 9.66. The van der Waals surface area contributed by atoms with Crippen LogP contribution >= 0.6 is 11.3 Å². The molecule has 1 aliphatic heterocycles. The SMILES string of the molecule is C1=C/C2C(/C=C/Oc3cc(N(c4ccccc4)c4ccccc4-c4ccc5sc6ccccc6c5c4)ccc3O/1)c1ccccc1C21c2ccccc2-c2ccccc21. The van der Waals surface area contributed by atoms with Gasteiger partial charge in [-0.1, -0.05) is 133 Å². The Labute approximate surface area is 347 Å². The molecule has 2 aliphatic carbocycles. The summed E-state index contributed by atoms with van der Waals surface area (Å²) in [6.45, 7) is 0. The third kappa shape index (κ3) is 5.13. The first-order chi connectivity index (χ1) is 29.3. The molecule has 59 heavy (non-hydrogen) atoms. The standard InChI is InChI=1S/C55H37NO2S/c1-2-14-37(15-3-1)56(50-24-12-7-16-39(50)36-26-29-54-45(34-36)44-20-8-13-25-53(44)59-54)38-27-28-51-52(35-38)58-32-30-43-42-19-6-11-23-48(42)55(49(43)31-33-57-51)46-21-9-4-17-40(46)41-18-5-10-22-47(41)55/h1-35,43,49H/b32-30+,33-31+. The largest absolute Gasteiger partial charge is 0.461 e. The Kier molecular flexibility index (Phi) is 7.75. The molecule has 2 atom stereocenters. The van der Waals surface area contributed by atoms with E-state index in [0.717, 1.165) is 22.6 Å². The van der Waals surface area contributed by atoms with Crippen molar-refractivity contribution in [2.75, 3.05) is 4.90 Å². The van der Waals surface area contributed by atoms with E-state index < -0.39 is 0 Å². The Balaban J connectivity index is 0.967. The highest BCUT2D eigenvalue weighted by Crippen LogP contribution is 2.64. The molecule has 1 spiro atoms. The van der Waals surface area contributed by atoms with Gasteiger partial charge in [0.05, 0.1) is 29.3 Å². The van der Waals surface area contributed by atoms with E-state index in [4.69, 9.17) is 9.47 Å². The first-order valence-electron chi connectivity index (χ1n) is 20.2. The van der Waals surface area contributed by atoms with Gasteiger partial charge < -0.3 is 14.4 Å². The van der Waals surface area contributed by atoms with Crippen molar-refractivity contribution >= 4 is 48.6 Å². The molecule has 0 saturated heterocycles. The number of para-hydroxylation sites is 2. The zero-order valence-electron chi connectivity index (χ0n) is 32.0. The fraction of sp³-hybridized carbons (Fsp3) is 0.0545. The van der Waals surface area contributed by atoms with Gasteiger partial charge in [0.2, 0.25) is 0 Å². The van der Waals surface area contributed by atoms with Crippen LogP contribution in [0.4, 0.5) is 17.1 Å². The highest BCUT2D eigenvalue weighted by atomic mass is 32.1. The quantitative estimate of drug-likeness (QED) is 0.178. The van der Waals surface area contributed by atoms with Crippen LogP contribution in [-0.4, -0.2) is 0 Å². The minimum Gasteiger partial charge on any atom is -0.461 e. The van der Waals surface area contributed by atoms with E-state index in [9.17, 15) is 0 Å². The van der Waals surface area contributed by atoms with Gasteiger partial charge in [0.1, 0.15) is 0 Å². The Morgan fingerprint density at radius 3 is 1.93 bits per heavy atom. The van der Waals surface area contributed by atoms with E-state index >= 15 is 0 Å². The predicted molar refractivity (Wildman–Crippen MR) is 243 cm³/mol. The van der Waals surface area contributed by atoms with Crippen LogP contribution in [0.2, 0.25) is 0 Å². The summed E-state index contributed by atoms with van der Waals surface area (Å²) in [7, 11) is 0. The molecule has 9 aromatic rings. The van der Waals surface area contributed by atoms with E-state index in [-0.39, 0.29) is 17.3 Å². The predicted octanol–water partition coefficient (Wildman–Crippen LogP) is 14.7. The van der Waals surface area contributed by atoms with Crippen molar-refractivity contribution in [2.24, 2.45) is 5.92 Å². The first kappa shape index (κ1) is 33.9. The van der Waals surface area contributed by atoms with E-state index in [0.29, 0.717) is 11.5 Å². The molecule has 4 heteroatoms. The molecular formula is C55H37NO2S. The maximum Gasteiger partial charge on any atom is 0.171 e. The molecular weight excluding hydrogens is 739 g/mol. The molecule has 2 heterocycles. The number of allylic oxidation sites excluding steroid dienone is 2. The van der Waals surface area contributed by atoms with Crippen LogP contribution in [0.25, 0.3) is 42.4 Å². The third-order valence-corrected chi connectivity index (χ3v) is 13.8. The third-order valence-electron chi connectivity index (χ3n) is 12.6. The molecule has 3 aliphatic rings.